The number of hydrogen-bond donors (Lipinski definition) is 1. The van der Waals surface area contributed by atoms with Gasteiger partial charge < -0.3 is 5.11 Å². The Balaban J connectivity index is 0. The Kier molecular flexibility index (Phi) is 11.5. The fourth-order valence-electron chi connectivity index (χ4n) is 0.891. The minimum absolute atomic E-state index is 0.250. The van der Waals surface area contributed by atoms with Crippen LogP contribution in [0.2, 0.25) is 0 Å². The molecule has 1 N–H and O–H groups in total. The fourth-order valence-corrected chi connectivity index (χ4v) is 0.891. The maximum absolute atomic E-state index is 7.57. The number of aryl methyl sites for hydroxylation is 3. The molecule has 0 radical (unpaired) electrons. The summed E-state index contributed by atoms with van der Waals surface area (Å²) < 4.78 is 0. The van der Waals surface area contributed by atoms with Gasteiger partial charge in [-0.1, -0.05) is 37.6 Å². The Labute approximate surface area is 88.8 Å². The Hall–Kier alpha value is -0.820. The van der Waals surface area contributed by atoms with E-state index in [1.165, 1.54) is 16.7 Å². The number of aliphatic hydroxyl groups excluding tert-OH is 1. The van der Waals surface area contributed by atoms with Gasteiger partial charge in [-0.25, -0.2) is 0 Å². The van der Waals surface area contributed by atoms with E-state index in [1.54, 1.807) is 6.92 Å². The van der Waals surface area contributed by atoms with Gasteiger partial charge in [-0.3, -0.25) is 0 Å². The van der Waals surface area contributed by atoms with Gasteiger partial charge in [0.05, 0.1) is 0 Å². The quantitative estimate of drug-likeness (QED) is 0.671. The zero-order valence-corrected chi connectivity index (χ0v) is 10.4. The number of aliphatic hydroxyl groups is 1. The van der Waals surface area contributed by atoms with Gasteiger partial charge in [0.25, 0.3) is 0 Å². The molecule has 0 saturated carbocycles. The first-order valence-corrected chi connectivity index (χ1v) is 5.26. The average Bonchev–Trinajstić information content (AvgIpc) is 2.17. The van der Waals surface area contributed by atoms with Crippen LogP contribution in [0.5, 0.6) is 0 Å². The minimum Gasteiger partial charge on any atom is -0.397 e. The lowest BCUT2D eigenvalue weighted by atomic mass is 10.1. The molecule has 1 rings (SSSR count). The topological polar surface area (TPSA) is 20.2 Å². The van der Waals surface area contributed by atoms with Gasteiger partial charge in [-0.05, 0) is 38.8 Å². The molecule has 1 nitrogen and oxygen atoms in total. The highest BCUT2D eigenvalue weighted by Gasteiger charge is 1.89. The molecule has 0 amide bonds. The van der Waals surface area contributed by atoms with Crippen molar-refractivity contribution in [2.24, 2.45) is 0 Å². The van der Waals surface area contributed by atoms with E-state index in [9.17, 15) is 0 Å². The van der Waals surface area contributed by atoms with Crippen molar-refractivity contribution in [2.75, 3.05) is 6.61 Å². The first kappa shape index (κ1) is 15.6. The summed E-state index contributed by atoms with van der Waals surface area (Å²) in [6, 6.07) is 6.50. The van der Waals surface area contributed by atoms with Gasteiger partial charge in [0.1, 0.15) is 0 Å². The van der Waals surface area contributed by atoms with Crippen LogP contribution in [-0.2, 0) is 0 Å². The molecule has 82 valence electrons. The predicted molar refractivity (Wildman–Crippen MR) is 64.8 cm³/mol. The predicted octanol–water partition coefficient (Wildman–Crippen LogP) is 3.64. The molecular formula is C13H24O. The second kappa shape index (κ2) is 10.3. The average molecular weight is 196 g/mol. The molecule has 0 heterocycles. The first-order valence-electron chi connectivity index (χ1n) is 5.26. The second-order valence-electron chi connectivity index (χ2n) is 2.90. The van der Waals surface area contributed by atoms with Crippen LogP contribution in [-0.4, -0.2) is 11.7 Å². The van der Waals surface area contributed by atoms with Crippen molar-refractivity contribution in [1.29, 1.82) is 0 Å². The summed E-state index contributed by atoms with van der Waals surface area (Å²) in [7, 11) is 0. The zero-order chi connectivity index (χ0) is 11.6. The van der Waals surface area contributed by atoms with E-state index < -0.39 is 0 Å². The molecule has 0 spiro atoms. The lowest BCUT2D eigenvalue weighted by Crippen LogP contribution is -1.79. The van der Waals surface area contributed by atoms with Crippen molar-refractivity contribution < 1.29 is 5.11 Å². The largest absolute Gasteiger partial charge is 0.397 e. The van der Waals surface area contributed by atoms with Crippen molar-refractivity contribution in [1.82, 2.24) is 0 Å². The van der Waals surface area contributed by atoms with Crippen molar-refractivity contribution in [3.8, 4) is 0 Å². The lowest BCUT2D eigenvalue weighted by molar-refractivity contribution is 0.318. The lowest BCUT2D eigenvalue weighted by Gasteiger charge is -1.98. The summed E-state index contributed by atoms with van der Waals surface area (Å²) in [5.41, 5.74) is 4.11. The summed E-state index contributed by atoms with van der Waals surface area (Å²) in [5.74, 6) is 0. The third-order valence-corrected chi connectivity index (χ3v) is 1.66. The van der Waals surface area contributed by atoms with Gasteiger partial charge in [0.2, 0.25) is 0 Å². The van der Waals surface area contributed by atoms with E-state index in [2.05, 4.69) is 39.0 Å². The molecule has 0 aliphatic rings. The Bertz CT molecular complexity index is 229. The molecule has 0 fully saturated rings. The molecule has 1 aromatic rings. The van der Waals surface area contributed by atoms with Gasteiger partial charge >= 0.3 is 0 Å². The van der Waals surface area contributed by atoms with Crippen LogP contribution < -0.4 is 0 Å². The van der Waals surface area contributed by atoms with Crippen LogP contribution in [0, 0.1) is 20.8 Å². The normalized spacial score (nSPS) is 7.93. The maximum atomic E-state index is 7.57. The van der Waals surface area contributed by atoms with Crippen molar-refractivity contribution in [3.05, 3.63) is 34.9 Å². The van der Waals surface area contributed by atoms with Gasteiger partial charge in [-0.15, -0.1) is 0 Å². The molecule has 0 bridgehead atoms. The van der Waals surface area contributed by atoms with Crippen LogP contribution in [0.15, 0.2) is 18.2 Å². The Morgan fingerprint density at radius 2 is 1.43 bits per heavy atom. The number of rotatable bonds is 0. The molecular weight excluding hydrogens is 172 g/mol. The van der Waals surface area contributed by atoms with Crippen LogP contribution >= 0.6 is 0 Å². The number of hydrogen-bond acceptors (Lipinski definition) is 1. The molecule has 0 atom stereocenters. The molecule has 1 aromatic carbocycles. The molecule has 0 aromatic heterocycles. The third-order valence-electron chi connectivity index (χ3n) is 1.66. The summed E-state index contributed by atoms with van der Waals surface area (Å²) in [5, 5.41) is 7.57. The molecule has 0 aliphatic heterocycles. The molecule has 1 heteroatoms. The van der Waals surface area contributed by atoms with Crippen LogP contribution in [0.3, 0.4) is 0 Å². The summed E-state index contributed by atoms with van der Waals surface area (Å²) >= 11 is 0. The van der Waals surface area contributed by atoms with E-state index in [0.717, 1.165) is 0 Å². The van der Waals surface area contributed by atoms with Crippen molar-refractivity contribution in [2.45, 2.75) is 41.5 Å². The highest BCUT2D eigenvalue weighted by Crippen LogP contribution is 2.07. The molecule has 0 unspecified atom stereocenters. The van der Waals surface area contributed by atoms with Crippen molar-refractivity contribution >= 4 is 0 Å². The highest BCUT2D eigenvalue weighted by molar-refractivity contribution is 5.28. The van der Waals surface area contributed by atoms with Crippen LogP contribution in [0.25, 0.3) is 0 Å². The Morgan fingerprint density at radius 3 is 1.71 bits per heavy atom. The SMILES string of the molecule is CC.CCO.Cc1ccc(C)c(C)c1. The second-order valence-corrected chi connectivity index (χ2v) is 2.90. The third kappa shape index (κ3) is 7.81. The summed E-state index contributed by atoms with van der Waals surface area (Å²) in [4.78, 5) is 0. The minimum atomic E-state index is 0.250. The van der Waals surface area contributed by atoms with Crippen LogP contribution in [0.1, 0.15) is 37.5 Å². The van der Waals surface area contributed by atoms with Gasteiger partial charge in [0.15, 0.2) is 0 Å². The summed E-state index contributed by atoms with van der Waals surface area (Å²) in [6.45, 7) is 12.3. The number of benzene rings is 1. The van der Waals surface area contributed by atoms with E-state index in [0.29, 0.717) is 0 Å². The van der Waals surface area contributed by atoms with Gasteiger partial charge in [0, 0.05) is 6.61 Å². The van der Waals surface area contributed by atoms with E-state index in [-0.39, 0.29) is 6.61 Å². The molecule has 0 saturated heterocycles. The zero-order valence-electron chi connectivity index (χ0n) is 10.4. The molecule has 14 heavy (non-hydrogen) atoms. The van der Waals surface area contributed by atoms with E-state index >= 15 is 0 Å². The first-order chi connectivity index (χ1) is 6.61. The van der Waals surface area contributed by atoms with Gasteiger partial charge in [-0.2, -0.15) is 0 Å². The molecule has 0 aliphatic carbocycles. The smallest absolute Gasteiger partial charge is 0.0402 e. The van der Waals surface area contributed by atoms with E-state index in [4.69, 9.17) is 5.11 Å². The maximum Gasteiger partial charge on any atom is 0.0402 e. The van der Waals surface area contributed by atoms with Crippen molar-refractivity contribution in [3.63, 3.8) is 0 Å². The Morgan fingerprint density at radius 1 is 1.00 bits per heavy atom. The fraction of sp³-hybridized carbons (Fsp3) is 0.538. The van der Waals surface area contributed by atoms with Crippen LogP contribution in [0.4, 0.5) is 0 Å². The monoisotopic (exact) mass is 196 g/mol. The highest BCUT2D eigenvalue weighted by atomic mass is 16.2. The standard InChI is InChI=1S/C9H12.C2H6O.C2H6/c1-7-4-5-8(2)9(3)6-7;1-2-3;1-2/h4-6H,1-3H3;3H,2H2,1H3;1-2H3. The van der Waals surface area contributed by atoms with E-state index in [1.807, 2.05) is 13.8 Å². The summed E-state index contributed by atoms with van der Waals surface area (Å²) in [6.07, 6.45) is 0.